The van der Waals surface area contributed by atoms with E-state index in [4.69, 9.17) is 0 Å². The number of anilines is 1. The highest BCUT2D eigenvalue weighted by Gasteiger charge is 2.35. The number of rotatable bonds is 3. The van der Waals surface area contributed by atoms with Gasteiger partial charge >= 0.3 is 6.18 Å². The van der Waals surface area contributed by atoms with Gasteiger partial charge in [0.25, 0.3) is 0 Å². The first kappa shape index (κ1) is 15.1. The van der Waals surface area contributed by atoms with E-state index in [1.807, 2.05) is 0 Å². The zero-order chi connectivity index (χ0) is 14.8. The maximum atomic E-state index is 12.8. The third-order valence-electron chi connectivity index (χ3n) is 3.21. The summed E-state index contributed by atoms with van der Waals surface area (Å²) in [6, 6.07) is 4.59. The van der Waals surface area contributed by atoms with Crippen molar-refractivity contribution in [3.63, 3.8) is 0 Å². The second-order valence-corrected chi connectivity index (χ2v) is 6.60. The first-order chi connectivity index (χ1) is 9.31. The Hall–Kier alpha value is -1.28. The second kappa shape index (κ2) is 5.61. The van der Waals surface area contributed by atoms with Gasteiger partial charge in [-0.1, -0.05) is 12.1 Å². The summed E-state index contributed by atoms with van der Waals surface area (Å²) in [6.45, 7) is 1.10. The van der Waals surface area contributed by atoms with E-state index in [0.717, 1.165) is 12.1 Å². The van der Waals surface area contributed by atoms with Crippen molar-refractivity contribution in [2.45, 2.75) is 24.3 Å². The normalized spacial score (nSPS) is 17.9. The van der Waals surface area contributed by atoms with Crippen LogP contribution in [0.2, 0.25) is 0 Å². The maximum absolute atomic E-state index is 12.8. The molecule has 2 N–H and O–H groups in total. The number of hydrogen-bond acceptors (Lipinski definition) is 3. The largest absolute Gasteiger partial charge is 0.418 e. The van der Waals surface area contributed by atoms with Gasteiger partial charge in [0.2, 0.25) is 10.0 Å². The average molecular weight is 308 g/mol. The summed E-state index contributed by atoms with van der Waals surface area (Å²) in [5, 5.41) is 2.35. The molecule has 1 fully saturated rings. The lowest BCUT2D eigenvalue weighted by Gasteiger charge is -2.24. The summed E-state index contributed by atoms with van der Waals surface area (Å²) in [5.74, 6) is 0. The molecule has 1 heterocycles. The maximum Gasteiger partial charge on any atom is 0.418 e. The Balaban J connectivity index is 2.25. The van der Waals surface area contributed by atoms with Crippen molar-refractivity contribution < 1.29 is 21.6 Å². The van der Waals surface area contributed by atoms with E-state index in [0.29, 0.717) is 25.9 Å². The fraction of sp³-hybridized carbons (Fsp3) is 0.500. The van der Waals surface area contributed by atoms with Crippen molar-refractivity contribution in [3.05, 3.63) is 29.8 Å². The highest BCUT2D eigenvalue weighted by molar-refractivity contribution is 7.93. The minimum atomic E-state index is -4.59. The van der Waals surface area contributed by atoms with Crippen LogP contribution in [0.4, 0.5) is 18.9 Å². The van der Waals surface area contributed by atoms with Crippen molar-refractivity contribution in [1.82, 2.24) is 5.32 Å². The first-order valence-corrected chi connectivity index (χ1v) is 7.74. The van der Waals surface area contributed by atoms with E-state index in [9.17, 15) is 21.6 Å². The van der Waals surface area contributed by atoms with Gasteiger partial charge in [0.1, 0.15) is 0 Å². The van der Waals surface area contributed by atoms with Crippen LogP contribution in [0.1, 0.15) is 18.4 Å². The highest BCUT2D eigenvalue weighted by atomic mass is 32.2. The van der Waals surface area contributed by atoms with Crippen LogP contribution < -0.4 is 10.0 Å². The smallest absolute Gasteiger partial charge is 0.317 e. The van der Waals surface area contributed by atoms with Crippen LogP contribution in [0.5, 0.6) is 0 Å². The fourth-order valence-electron chi connectivity index (χ4n) is 2.16. The number of halogens is 3. The van der Waals surface area contributed by atoms with E-state index in [1.165, 1.54) is 12.1 Å². The predicted octanol–water partition coefficient (Wildman–Crippen LogP) is 2.20. The highest BCUT2D eigenvalue weighted by Crippen LogP contribution is 2.35. The Kier molecular flexibility index (Phi) is 4.24. The number of benzene rings is 1. The van der Waals surface area contributed by atoms with Crippen LogP contribution in [-0.2, 0) is 16.2 Å². The summed E-state index contributed by atoms with van der Waals surface area (Å²) in [6.07, 6.45) is -3.81. The molecule has 2 rings (SSSR count). The molecule has 0 spiro atoms. The third kappa shape index (κ3) is 3.43. The minimum absolute atomic E-state index is 0.392. The molecular formula is C12H15F3N2O2S. The van der Waals surface area contributed by atoms with Crippen molar-refractivity contribution in [3.8, 4) is 0 Å². The van der Waals surface area contributed by atoms with Crippen molar-refractivity contribution in [1.29, 1.82) is 0 Å². The van der Waals surface area contributed by atoms with Gasteiger partial charge in [-0.2, -0.15) is 13.2 Å². The van der Waals surface area contributed by atoms with Crippen LogP contribution in [0.15, 0.2) is 24.3 Å². The Morgan fingerprint density at radius 1 is 1.15 bits per heavy atom. The van der Waals surface area contributed by atoms with Crippen LogP contribution >= 0.6 is 0 Å². The van der Waals surface area contributed by atoms with E-state index in [2.05, 4.69) is 10.0 Å². The van der Waals surface area contributed by atoms with Crippen molar-refractivity contribution in [2.75, 3.05) is 17.8 Å². The number of sulfonamides is 1. The third-order valence-corrected chi connectivity index (χ3v) is 5.06. The molecule has 1 aromatic rings. The molecule has 0 amide bonds. The summed E-state index contributed by atoms with van der Waals surface area (Å²) in [4.78, 5) is 0. The van der Waals surface area contributed by atoms with Crippen molar-refractivity contribution in [2.24, 2.45) is 0 Å². The van der Waals surface area contributed by atoms with Crippen LogP contribution in [0.25, 0.3) is 0 Å². The molecule has 1 aliphatic heterocycles. The predicted molar refractivity (Wildman–Crippen MR) is 69.9 cm³/mol. The van der Waals surface area contributed by atoms with Crippen LogP contribution in [0, 0.1) is 0 Å². The number of piperidine rings is 1. The van der Waals surface area contributed by atoms with Gasteiger partial charge in [-0.3, -0.25) is 4.72 Å². The molecule has 0 aliphatic carbocycles. The zero-order valence-corrected chi connectivity index (χ0v) is 11.4. The van der Waals surface area contributed by atoms with E-state index in [-0.39, 0.29) is 0 Å². The lowest BCUT2D eigenvalue weighted by molar-refractivity contribution is -0.136. The molecule has 4 nitrogen and oxygen atoms in total. The Morgan fingerprint density at radius 3 is 2.35 bits per heavy atom. The number of para-hydroxylation sites is 1. The molecule has 0 radical (unpaired) electrons. The molecule has 1 aromatic carbocycles. The molecular weight excluding hydrogens is 293 g/mol. The molecule has 20 heavy (non-hydrogen) atoms. The van der Waals surface area contributed by atoms with Gasteiger partial charge < -0.3 is 5.32 Å². The number of hydrogen-bond donors (Lipinski definition) is 2. The topological polar surface area (TPSA) is 58.2 Å². The van der Waals surface area contributed by atoms with E-state index in [1.54, 1.807) is 0 Å². The van der Waals surface area contributed by atoms with Gasteiger partial charge in [-0.05, 0) is 38.1 Å². The zero-order valence-electron chi connectivity index (χ0n) is 10.6. The molecule has 1 saturated heterocycles. The quantitative estimate of drug-likeness (QED) is 0.900. The summed E-state index contributed by atoms with van der Waals surface area (Å²) in [5.41, 5.74) is -1.39. The average Bonchev–Trinajstić information content (AvgIpc) is 2.39. The summed E-state index contributed by atoms with van der Waals surface area (Å²) in [7, 11) is -3.81. The van der Waals surface area contributed by atoms with E-state index < -0.39 is 32.7 Å². The molecule has 0 atom stereocenters. The van der Waals surface area contributed by atoms with Gasteiger partial charge in [0.15, 0.2) is 0 Å². The first-order valence-electron chi connectivity index (χ1n) is 6.19. The fourth-order valence-corrected chi connectivity index (χ4v) is 3.67. The Morgan fingerprint density at radius 2 is 1.75 bits per heavy atom. The van der Waals surface area contributed by atoms with Gasteiger partial charge in [0.05, 0.1) is 16.5 Å². The Labute approximate surface area is 115 Å². The van der Waals surface area contributed by atoms with Gasteiger partial charge in [-0.15, -0.1) is 0 Å². The lowest BCUT2D eigenvalue weighted by Crippen LogP contribution is -2.38. The van der Waals surface area contributed by atoms with Crippen LogP contribution in [0.3, 0.4) is 0 Å². The standard InChI is InChI=1S/C12H15F3N2O2S/c13-12(14,15)10-3-1-2-4-11(10)17-20(18,19)9-5-7-16-8-6-9/h1-4,9,16-17H,5-8H2. The SMILES string of the molecule is O=S(=O)(Nc1ccccc1C(F)(F)F)C1CCNCC1. The van der Waals surface area contributed by atoms with Gasteiger partial charge in [0, 0.05) is 0 Å². The minimum Gasteiger partial charge on any atom is -0.317 e. The molecule has 8 heteroatoms. The van der Waals surface area contributed by atoms with E-state index >= 15 is 0 Å². The summed E-state index contributed by atoms with van der Waals surface area (Å²) < 4.78 is 64.8. The molecule has 0 bridgehead atoms. The molecule has 112 valence electrons. The molecule has 0 saturated carbocycles. The van der Waals surface area contributed by atoms with Crippen LogP contribution in [-0.4, -0.2) is 26.8 Å². The number of nitrogens with one attached hydrogen (secondary N) is 2. The number of alkyl halides is 3. The van der Waals surface area contributed by atoms with Gasteiger partial charge in [-0.25, -0.2) is 8.42 Å². The monoisotopic (exact) mass is 308 g/mol. The summed E-state index contributed by atoms with van der Waals surface area (Å²) >= 11 is 0. The lowest BCUT2D eigenvalue weighted by atomic mass is 10.2. The molecule has 1 aliphatic rings. The van der Waals surface area contributed by atoms with Crippen molar-refractivity contribution >= 4 is 15.7 Å². The molecule has 0 aromatic heterocycles. The molecule has 0 unspecified atom stereocenters. The second-order valence-electron chi connectivity index (χ2n) is 4.64. The Bertz CT molecular complexity index is 566.